The molecular formula is C7H17NO3S. The number of sulfonamides is 1. The van der Waals surface area contributed by atoms with E-state index in [-0.39, 0.29) is 6.61 Å². The van der Waals surface area contributed by atoms with Crippen LogP contribution in [-0.2, 0) is 10.0 Å². The highest BCUT2D eigenvalue weighted by atomic mass is 32.2. The van der Waals surface area contributed by atoms with Gasteiger partial charge in [0.2, 0.25) is 10.0 Å². The number of hydrogen-bond donors (Lipinski definition) is 2. The third-order valence-corrected chi connectivity index (χ3v) is 3.76. The molecule has 0 bridgehead atoms. The van der Waals surface area contributed by atoms with Crippen LogP contribution in [0.1, 0.15) is 27.7 Å². The van der Waals surface area contributed by atoms with Crippen LogP contribution >= 0.6 is 0 Å². The molecule has 0 saturated heterocycles. The molecule has 0 saturated carbocycles. The van der Waals surface area contributed by atoms with Gasteiger partial charge >= 0.3 is 0 Å². The van der Waals surface area contributed by atoms with Gasteiger partial charge in [0.1, 0.15) is 0 Å². The summed E-state index contributed by atoms with van der Waals surface area (Å²) in [5.41, 5.74) is 0. The Kier molecular flexibility index (Phi) is 3.68. The Bertz CT molecular complexity index is 228. The van der Waals surface area contributed by atoms with E-state index in [9.17, 15) is 8.42 Å². The molecule has 0 spiro atoms. The molecule has 0 aliphatic heterocycles. The Balaban J connectivity index is 4.46. The molecule has 2 N–H and O–H groups in total. The molecule has 1 atom stereocenters. The number of rotatable bonds is 3. The van der Waals surface area contributed by atoms with Crippen molar-refractivity contribution < 1.29 is 13.5 Å². The van der Waals surface area contributed by atoms with Crippen LogP contribution in [0.25, 0.3) is 0 Å². The normalized spacial score (nSPS) is 16.1. The van der Waals surface area contributed by atoms with E-state index < -0.39 is 20.8 Å². The Morgan fingerprint density at radius 3 is 2.08 bits per heavy atom. The third kappa shape index (κ3) is 3.08. The second kappa shape index (κ2) is 3.72. The van der Waals surface area contributed by atoms with Crippen molar-refractivity contribution in [1.82, 2.24) is 4.72 Å². The minimum absolute atomic E-state index is 0.185. The average molecular weight is 195 g/mol. The minimum Gasteiger partial charge on any atom is -0.395 e. The first-order chi connectivity index (χ1) is 5.20. The van der Waals surface area contributed by atoms with Gasteiger partial charge in [-0.3, -0.25) is 0 Å². The van der Waals surface area contributed by atoms with E-state index in [4.69, 9.17) is 5.11 Å². The van der Waals surface area contributed by atoms with E-state index in [0.29, 0.717) is 0 Å². The van der Waals surface area contributed by atoms with Crippen LogP contribution in [0.4, 0.5) is 0 Å². The van der Waals surface area contributed by atoms with Gasteiger partial charge in [0.25, 0.3) is 0 Å². The molecule has 0 fully saturated rings. The maximum atomic E-state index is 11.4. The molecule has 0 radical (unpaired) electrons. The van der Waals surface area contributed by atoms with Crippen LogP contribution in [-0.4, -0.2) is 30.9 Å². The molecule has 0 aromatic heterocycles. The lowest BCUT2D eigenvalue weighted by Crippen LogP contribution is -2.44. The lowest BCUT2D eigenvalue weighted by Gasteiger charge is -2.22. The molecule has 0 rings (SSSR count). The molecule has 0 amide bonds. The summed E-state index contributed by atoms with van der Waals surface area (Å²) >= 11 is 0. The average Bonchev–Trinajstić information content (AvgIpc) is 1.84. The number of aliphatic hydroxyl groups excluding tert-OH is 1. The monoisotopic (exact) mass is 195 g/mol. The molecule has 4 nitrogen and oxygen atoms in total. The summed E-state index contributed by atoms with van der Waals surface area (Å²) < 4.78 is 24.3. The topological polar surface area (TPSA) is 66.4 Å². The van der Waals surface area contributed by atoms with Crippen LogP contribution in [0.2, 0.25) is 0 Å². The summed E-state index contributed by atoms with van der Waals surface area (Å²) in [6, 6.07) is -0.422. The molecule has 0 aromatic rings. The fraction of sp³-hybridized carbons (Fsp3) is 1.00. The largest absolute Gasteiger partial charge is 0.395 e. The summed E-state index contributed by atoms with van der Waals surface area (Å²) in [6.45, 7) is 6.26. The third-order valence-electron chi connectivity index (χ3n) is 1.44. The molecule has 0 aliphatic rings. The van der Waals surface area contributed by atoms with Crippen molar-refractivity contribution in [2.24, 2.45) is 0 Å². The molecular weight excluding hydrogens is 178 g/mol. The van der Waals surface area contributed by atoms with E-state index in [0.717, 1.165) is 0 Å². The lowest BCUT2D eigenvalue weighted by molar-refractivity contribution is 0.264. The maximum absolute atomic E-state index is 11.4. The summed E-state index contributed by atoms with van der Waals surface area (Å²) in [6.07, 6.45) is 0. The SMILES string of the molecule is CC(CO)NS(=O)(=O)C(C)(C)C. The van der Waals surface area contributed by atoms with Crippen molar-refractivity contribution in [3.05, 3.63) is 0 Å². The van der Waals surface area contributed by atoms with Crippen LogP contribution in [0.3, 0.4) is 0 Å². The molecule has 74 valence electrons. The van der Waals surface area contributed by atoms with Crippen molar-refractivity contribution >= 4 is 10.0 Å². The van der Waals surface area contributed by atoms with Crippen LogP contribution in [0.15, 0.2) is 0 Å². The number of aliphatic hydroxyl groups is 1. The van der Waals surface area contributed by atoms with E-state index >= 15 is 0 Å². The smallest absolute Gasteiger partial charge is 0.216 e. The highest BCUT2D eigenvalue weighted by molar-refractivity contribution is 7.90. The van der Waals surface area contributed by atoms with Gasteiger partial charge in [-0.05, 0) is 27.7 Å². The van der Waals surface area contributed by atoms with Gasteiger partial charge in [0.15, 0.2) is 0 Å². The van der Waals surface area contributed by atoms with Crippen LogP contribution < -0.4 is 4.72 Å². The Morgan fingerprint density at radius 2 is 1.83 bits per heavy atom. The first kappa shape index (κ1) is 11.9. The highest BCUT2D eigenvalue weighted by Gasteiger charge is 2.29. The predicted molar refractivity (Wildman–Crippen MR) is 48.4 cm³/mol. The molecule has 1 unspecified atom stereocenters. The van der Waals surface area contributed by atoms with Crippen molar-refractivity contribution in [2.45, 2.75) is 38.5 Å². The zero-order valence-electron chi connectivity index (χ0n) is 7.96. The highest BCUT2D eigenvalue weighted by Crippen LogP contribution is 2.13. The molecule has 0 aromatic carbocycles. The fourth-order valence-corrected chi connectivity index (χ4v) is 1.44. The second-order valence-corrected chi connectivity index (χ2v) is 6.28. The number of hydrogen-bond acceptors (Lipinski definition) is 3. The second-order valence-electron chi connectivity index (χ2n) is 3.82. The molecule has 0 aliphatic carbocycles. The van der Waals surface area contributed by atoms with Crippen molar-refractivity contribution in [2.75, 3.05) is 6.61 Å². The van der Waals surface area contributed by atoms with Gasteiger partial charge in [0.05, 0.1) is 11.4 Å². The number of nitrogens with one attached hydrogen (secondary N) is 1. The zero-order chi connectivity index (χ0) is 9.99. The van der Waals surface area contributed by atoms with E-state index in [1.165, 1.54) is 0 Å². The van der Waals surface area contributed by atoms with Gasteiger partial charge in [-0.2, -0.15) is 0 Å². The fourth-order valence-electron chi connectivity index (χ4n) is 0.479. The standard InChI is InChI=1S/C7H17NO3S/c1-6(5-9)8-12(10,11)7(2,3)4/h6,8-9H,5H2,1-4H3. The first-order valence-electron chi connectivity index (χ1n) is 3.83. The van der Waals surface area contributed by atoms with Gasteiger partial charge in [-0.15, -0.1) is 0 Å². The van der Waals surface area contributed by atoms with Crippen LogP contribution in [0.5, 0.6) is 0 Å². The quantitative estimate of drug-likeness (QED) is 0.670. The van der Waals surface area contributed by atoms with Crippen LogP contribution in [0, 0.1) is 0 Å². The molecule has 0 heterocycles. The Morgan fingerprint density at radius 1 is 1.42 bits per heavy atom. The summed E-state index contributed by atoms with van der Waals surface area (Å²) in [5, 5.41) is 8.64. The van der Waals surface area contributed by atoms with Gasteiger partial charge in [0, 0.05) is 6.04 Å². The van der Waals surface area contributed by atoms with Gasteiger partial charge < -0.3 is 5.11 Å². The predicted octanol–water partition coefficient (Wildman–Crippen LogP) is 0.0851. The minimum atomic E-state index is -3.32. The van der Waals surface area contributed by atoms with Crippen molar-refractivity contribution in [3.8, 4) is 0 Å². The van der Waals surface area contributed by atoms with Crippen molar-refractivity contribution in [1.29, 1.82) is 0 Å². The van der Waals surface area contributed by atoms with E-state index in [2.05, 4.69) is 4.72 Å². The van der Waals surface area contributed by atoms with Crippen molar-refractivity contribution in [3.63, 3.8) is 0 Å². The molecule has 12 heavy (non-hydrogen) atoms. The lowest BCUT2D eigenvalue weighted by atomic mass is 10.3. The summed E-state index contributed by atoms with van der Waals surface area (Å²) in [5.74, 6) is 0. The van der Waals surface area contributed by atoms with Gasteiger partial charge in [-0.25, -0.2) is 13.1 Å². The van der Waals surface area contributed by atoms with Gasteiger partial charge in [-0.1, -0.05) is 0 Å². The molecule has 5 heteroatoms. The Hall–Kier alpha value is -0.130. The summed E-state index contributed by atoms with van der Waals surface area (Å²) in [4.78, 5) is 0. The maximum Gasteiger partial charge on any atom is 0.216 e. The van der Waals surface area contributed by atoms with E-state index in [1.54, 1.807) is 27.7 Å². The Labute approximate surface area is 74.0 Å². The first-order valence-corrected chi connectivity index (χ1v) is 5.32. The summed E-state index contributed by atoms with van der Waals surface area (Å²) in [7, 11) is -3.32. The van der Waals surface area contributed by atoms with E-state index in [1.807, 2.05) is 0 Å². The zero-order valence-corrected chi connectivity index (χ0v) is 8.77.